The van der Waals surface area contributed by atoms with Crippen molar-refractivity contribution in [2.45, 2.75) is 76.4 Å². The number of benzene rings is 1. The molecule has 1 spiro atoms. The second-order valence-corrected chi connectivity index (χ2v) is 14.7. The van der Waals surface area contributed by atoms with E-state index in [1.807, 2.05) is 25.7 Å². The Labute approximate surface area is 218 Å². The van der Waals surface area contributed by atoms with Crippen LogP contribution in [-0.4, -0.2) is 74.5 Å². The highest BCUT2D eigenvalue weighted by molar-refractivity contribution is 9.10. The predicted octanol–water partition coefficient (Wildman–Crippen LogP) is 5.12. The van der Waals surface area contributed by atoms with E-state index < -0.39 is 15.4 Å². The largest absolute Gasteiger partial charge is 0.489 e. The number of halogens is 1. The van der Waals surface area contributed by atoms with Crippen molar-refractivity contribution in [2.75, 3.05) is 38.5 Å². The van der Waals surface area contributed by atoms with Crippen LogP contribution in [0.15, 0.2) is 27.6 Å². The van der Waals surface area contributed by atoms with E-state index in [4.69, 9.17) is 9.47 Å². The lowest BCUT2D eigenvalue weighted by atomic mass is 9.80. The normalized spacial score (nSPS) is 27.3. The van der Waals surface area contributed by atoms with Crippen LogP contribution in [0.2, 0.25) is 0 Å². The van der Waals surface area contributed by atoms with Crippen molar-refractivity contribution in [1.29, 1.82) is 0 Å². The molecular weight excluding hydrogens is 532 g/mol. The summed E-state index contributed by atoms with van der Waals surface area (Å²) >= 11 is 3.47. The maximum absolute atomic E-state index is 12.4. The SMILES string of the molecule is CCS(=O)(=O)c1ccc(OC2CC(CCN3CCC4(CCN(C(=O)OC(C)(C)C)C4)C3)C2)c(Br)c1. The van der Waals surface area contributed by atoms with E-state index in [-0.39, 0.29) is 23.4 Å². The average molecular weight is 572 g/mol. The lowest BCUT2D eigenvalue weighted by Crippen LogP contribution is -2.38. The highest BCUT2D eigenvalue weighted by atomic mass is 79.9. The van der Waals surface area contributed by atoms with Gasteiger partial charge in [-0.25, -0.2) is 13.2 Å². The Bertz CT molecular complexity index is 1030. The highest BCUT2D eigenvalue weighted by Gasteiger charge is 2.45. The van der Waals surface area contributed by atoms with Crippen molar-refractivity contribution >= 4 is 31.9 Å². The number of sulfone groups is 1. The molecular formula is C26H39BrN2O5S. The quantitative estimate of drug-likeness (QED) is 0.452. The molecule has 1 amide bonds. The van der Waals surface area contributed by atoms with Crippen molar-refractivity contribution in [3.63, 3.8) is 0 Å². The topological polar surface area (TPSA) is 76.2 Å². The van der Waals surface area contributed by atoms with Crippen LogP contribution in [0.25, 0.3) is 0 Å². The lowest BCUT2D eigenvalue weighted by Gasteiger charge is -2.36. The number of hydrogen-bond acceptors (Lipinski definition) is 6. The van der Waals surface area contributed by atoms with Gasteiger partial charge in [0.2, 0.25) is 0 Å². The summed E-state index contributed by atoms with van der Waals surface area (Å²) in [6.45, 7) is 12.3. The van der Waals surface area contributed by atoms with E-state index in [0.29, 0.717) is 21.0 Å². The number of amides is 1. The Morgan fingerprint density at radius 1 is 1.17 bits per heavy atom. The number of hydrogen-bond donors (Lipinski definition) is 0. The van der Waals surface area contributed by atoms with E-state index in [2.05, 4.69) is 20.8 Å². The van der Waals surface area contributed by atoms with Gasteiger partial charge in [-0.15, -0.1) is 0 Å². The van der Waals surface area contributed by atoms with Crippen LogP contribution < -0.4 is 4.74 Å². The fraction of sp³-hybridized carbons (Fsp3) is 0.731. The molecule has 1 aromatic rings. The Hall–Kier alpha value is -1.32. The maximum Gasteiger partial charge on any atom is 0.410 e. The first-order valence-electron chi connectivity index (χ1n) is 12.8. The standard InChI is InChI=1S/C26H39BrN2O5S/c1-5-35(31,32)21-6-7-23(22(27)16-21)33-20-14-19(15-20)8-11-28-12-9-26(17-28)10-13-29(18-26)24(30)34-25(2,3)4/h6-7,16,19-20H,5,8-15,17-18H2,1-4H3. The minimum atomic E-state index is -3.22. The summed E-state index contributed by atoms with van der Waals surface area (Å²) in [5.74, 6) is 1.46. The fourth-order valence-corrected chi connectivity index (χ4v) is 6.99. The first-order chi connectivity index (χ1) is 16.4. The van der Waals surface area contributed by atoms with Gasteiger partial charge in [0, 0.05) is 25.0 Å². The Kier molecular flexibility index (Phi) is 7.80. The highest BCUT2D eigenvalue weighted by Crippen LogP contribution is 2.41. The molecule has 4 rings (SSSR count). The van der Waals surface area contributed by atoms with Crippen molar-refractivity contribution in [3.8, 4) is 5.75 Å². The van der Waals surface area contributed by atoms with E-state index in [1.54, 1.807) is 25.1 Å². The Balaban J connectivity index is 1.18. The minimum Gasteiger partial charge on any atom is -0.489 e. The second-order valence-electron chi connectivity index (χ2n) is 11.5. The molecule has 1 atom stereocenters. The van der Waals surface area contributed by atoms with Crippen molar-refractivity contribution in [2.24, 2.45) is 11.3 Å². The third kappa shape index (κ3) is 6.52. The Morgan fingerprint density at radius 2 is 1.89 bits per heavy atom. The smallest absolute Gasteiger partial charge is 0.410 e. The van der Waals surface area contributed by atoms with E-state index in [1.165, 1.54) is 6.42 Å². The Morgan fingerprint density at radius 3 is 2.54 bits per heavy atom. The molecule has 196 valence electrons. The summed E-state index contributed by atoms with van der Waals surface area (Å²) in [4.78, 5) is 17.2. The summed E-state index contributed by atoms with van der Waals surface area (Å²) in [7, 11) is -3.22. The summed E-state index contributed by atoms with van der Waals surface area (Å²) in [5.41, 5.74) is -0.222. The number of ether oxygens (including phenoxy) is 2. The predicted molar refractivity (Wildman–Crippen MR) is 140 cm³/mol. The van der Waals surface area contributed by atoms with Gasteiger partial charge < -0.3 is 19.3 Å². The van der Waals surface area contributed by atoms with Gasteiger partial charge in [-0.3, -0.25) is 0 Å². The molecule has 0 radical (unpaired) electrons. The van der Waals surface area contributed by atoms with Crippen molar-refractivity contribution in [1.82, 2.24) is 9.80 Å². The first-order valence-corrected chi connectivity index (χ1v) is 15.2. The zero-order chi connectivity index (χ0) is 25.4. The zero-order valence-electron chi connectivity index (χ0n) is 21.4. The summed E-state index contributed by atoms with van der Waals surface area (Å²) in [6, 6.07) is 5.03. The van der Waals surface area contributed by atoms with Crippen LogP contribution in [0, 0.1) is 11.3 Å². The molecule has 1 aromatic carbocycles. The number of carbonyl (C=O) groups is 1. The summed E-state index contributed by atoms with van der Waals surface area (Å²) < 4.78 is 36.5. The number of rotatable bonds is 7. The molecule has 0 N–H and O–H groups in total. The van der Waals surface area contributed by atoms with E-state index >= 15 is 0 Å². The average Bonchev–Trinajstić information content (AvgIpc) is 3.36. The first kappa shape index (κ1) is 26.7. The molecule has 35 heavy (non-hydrogen) atoms. The number of likely N-dealkylation sites (tertiary alicyclic amines) is 2. The lowest BCUT2D eigenvalue weighted by molar-refractivity contribution is 0.0273. The van der Waals surface area contributed by atoms with Crippen LogP contribution in [0.4, 0.5) is 4.79 Å². The maximum atomic E-state index is 12.4. The summed E-state index contributed by atoms with van der Waals surface area (Å²) in [5, 5.41) is 0. The van der Waals surface area contributed by atoms with Crippen LogP contribution in [0.3, 0.4) is 0 Å². The van der Waals surface area contributed by atoms with E-state index in [0.717, 1.165) is 58.4 Å². The van der Waals surface area contributed by atoms with Gasteiger partial charge in [0.1, 0.15) is 11.4 Å². The van der Waals surface area contributed by atoms with Gasteiger partial charge in [-0.05, 0) is 106 Å². The van der Waals surface area contributed by atoms with Crippen LogP contribution in [0.5, 0.6) is 5.75 Å². The zero-order valence-corrected chi connectivity index (χ0v) is 23.8. The van der Waals surface area contributed by atoms with Gasteiger partial charge in [-0.2, -0.15) is 0 Å². The number of carbonyl (C=O) groups excluding carboxylic acids is 1. The van der Waals surface area contributed by atoms with E-state index in [9.17, 15) is 13.2 Å². The molecule has 1 aliphatic carbocycles. The molecule has 2 aliphatic heterocycles. The van der Waals surface area contributed by atoms with Gasteiger partial charge in [0.05, 0.1) is 21.2 Å². The van der Waals surface area contributed by atoms with Gasteiger partial charge in [0.15, 0.2) is 9.84 Å². The molecule has 0 aromatic heterocycles. The van der Waals surface area contributed by atoms with Crippen LogP contribution >= 0.6 is 15.9 Å². The molecule has 2 heterocycles. The molecule has 9 heteroatoms. The van der Waals surface area contributed by atoms with Crippen molar-refractivity contribution < 1.29 is 22.7 Å². The van der Waals surface area contributed by atoms with Crippen LogP contribution in [0.1, 0.15) is 59.8 Å². The monoisotopic (exact) mass is 570 g/mol. The van der Waals surface area contributed by atoms with Gasteiger partial charge >= 0.3 is 6.09 Å². The third-order valence-corrected chi connectivity index (χ3v) is 9.94. The molecule has 0 bridgehead atoms. The second kappa shape index (κ2) is 10.2. The molecule has 7 nitrogen and oxygen atoms in total. The molecule has 1 unspecified atom stereocenters. The molecule has 1 saturated carbocycles. The number of nitrogens with zero attached hydrogens (tertiary/aromatic N) is 2. The molecule has 2 saturated heterocycles. The molecule has 3 fully saturated rings. The molecule has 3 aliphatic rings. The summed E-state index contributed by atoms with van der Waals surface area (Å²) in [6.07, 6.45) is 5.46. The fourth-order valence-electron chi connectivity index (χ4n) is 5.46. The van der Waals surface area contributed by atoms with Gasteiger partial charge in [0.25, 0.3) is 0 Å². The third-order valence-electron chi connectivity index (χ3n) is 7.59. The minimum absolute atomic E-state index is 0.0874. The van der Waals surface area contributed by atoms with Crippen LogP contribution in [-0.2, 0) is 14.6 Å². The van der Waals surface area contributed by atoms with Crippen molar-refractivity contribution in [3.05, 3.63) is 22.7 Å². The van der Waals surface area contributed by atoms with Gasteiger partial charge in [-0.1, -0.05) is 6.92 Å².